The molecule has 0 unspecified atom stereocenters. The highest BCUT2D eigenvalue weighted by atomic mass is 16.5. The number of aryl methyl sites for hydroxylation is 3. The van der Waals surface area contributed by atoms with Gasteiger partial charge in [0.05, 0.1) is 12.8 Å². The second kappa shape index (κ2) is 7.86. The van der Waals surface area contributed by atoms with Gasteiger partial charge in [0.25, 0.3) is 5.91 Å². The number of ether oxygens (including phenoxy) is 1. The number of hydrogen-bond acceptors (Lipinski definition) is 5. The number of nitrogens with zero attached hydrogens (tertiary/aromatic N) is 2. The Morgan fingerprint density at radius 1 is 0.963 bits per heavy atom. The number of aromatic nitrogens is 2. The van der Waals surface area contributed by atoms with Crippen LogP contribution in [0.2, 0.25) is 0 Å². The monoisotopic (exact) mass is 362 g/mol. The van der Waals surface area contributed by atoms with E-state index in [1.165, 1.54) is 11.1 Å². The molecule has 2 aromatic carbocycles. The molecule has 6 nitrogen and oxygen atoms in total. The van der Waals surface area contributed by atoms with Gasteiger partial charge in [-0.2, -0.15) is 0 Å². The zero-order valence-corrected chi connectivity index (χ0v) is 15.8. The SMILES string of the molecule is COc1ccccc1NC(=O)c1cc(C)nc(Nc2ccc(C)c(C)c2)n1. The lowest BCUT2D eigenvalue weighted by Crippen LogP contribution is -2.16. The minimum absolute atomic E-state index is 0.278. The summed E-state index contributed by atoms with van der Waals surface area (Å²) in [5, 5.41) is 6.00. The van der Waals surface area contributed by atoms with E-state index in [2.05, 4.69) is 27.5 Å². The molecule has 1 heterocycles. The maximum absolute atomic E-state index is 12.7. The summed E-state index contributed by atoms with van der Waals surface area (Å²) >= 11 is 0. The highest BCUT2D eigenvalue weighted by Crippen LogP contribution is 2.24. The zero-order chi connectivity index (χ0) is 19.4. The van der Waals surface area contributed by atoms with Crippen LogP contribution in [0.15, 0.2) is 48.5 Å². The van der Waals surface area contributed by atoms with E-state index in [0.29, 0.717) is 23.1 Å². The molecule has 0 saturated heterocycles. The number of anilines is 3. The molecule has 1 amide bonds. The summed E-state index contributed by atoms with van der Waals surface area (Å²) in [6, 6.07) is 14.9. The topological polar surface area (TPSA) is 76.1 Å². The van der Waals surface area contributed by atoms with Crippen LogP contribution in [0.5, 0.6) is 5.75 Å². The van der Waals surface area contributed by atoms with Gasteiger partial charge in [0, 0.05) is 11.4 Å². The fourth-order valence-electron chi connectivity index (χ4n) is 2.62. The van der Waals surface area contributed by atoms with Crippen LogP contribution in [0.3, 0.4) is 0 Å². The summed E-state index contributed by atoms with van der Waals surface area (Å²) in [5.74, 6) is 0.640. The van der Waals surface area contributed by atoms with Gasteiger partial charge in [-0.05, 0) is 62.2 Å². The van der Waals surface area contributed by atoms with E-state index in [1.54, 1.807) is 25.3 Å². The first-order valence-corrected chi connectivity index (χ1v) is 8.60. The summed E-state index contributed by atoms with van der Waals surface area (Å²) < 4.78 is 5.27. The van der Waals surface area contributed by atoms with E-state index < -0.39 is 0 Å². The van der Waals surface area contributed by atoms with Crippen LogP contribution in [-0.2, 0) is 0 Å². The Balaban J connectivity index is 1.84. The molecule has 3 aromatic rings. The first-order valence-electron chi connectivity index (χ1n) is 8.60. The maximum Gasteiger partial charge on any atom is 0.274 e. The van der Waals surface area contributed by atoms with E-state index in [1.807, 2.05) is 44.2 Å². The number of methoxy groups -OCH3 is 1. The predicted octanol–water partition coefficient (Wildman–Crippen LogP) is 4.41. The van der Waals surface area contributed by atoms with Crippen molar-refractivity contribution in [3.63, 3.8) is 0 Å². The smallest absolute Gasteiger partial charge is 0.274 e. The second-order valence-electron chi connectivity index (χ2n) is 6.30. The van der Waals surface area contributed by atoms with Crippen LogP contribution in [0, 0.1) is 20.8 Å². The lowest BCUT2D eigenvalue weighted by atomic mass is 10.1. The Morgan fingerprint density at radius 2 is 1.74 bits per heavy atom. The molecule has 0 fully saturated rings. The maximum atomic E-state index is 12.7. The van der Waals surface area contributed by atoms with Gasteiger partial charge in [0.15, 0.2) is 0 Å². The summed E-state index contributed by atoms with van der Waals surface area (Å²) in [5.41, 5.74) is 4.82. The van der Waals surface area contributed by atoms with E-state index in [4.69, 9.17) is 4.74 Å². The molecule has 0 aliphatic rings. The third kappa shape index (κ3) is 4.41. The molecule has 1 aromatic heterocycles. The molecule has 6 heteroatoms. The molecule has 138 valence electrons. The molecular formula is C21H22N4O2. The molecule has 0 atom stereocenters. The molecule has 0 saturated carbocycles. The number of amides is 1. The molecule has 0 aliphatic heterocycles. The van der Waals surface area contributed by atoms with Gasteiger partial charge in [-0.3, -0.25) is 4.79 Å². The fourth-order valence-corrected chi connectivity index (χ4v) is 2.62. The van der Waals surface area contributed by atoms with Gasteiger partial charge in [-0.1, -0.05) is 18.2 Å². The van der Waals surface area contributed by atoms with Crippen molar-refractivity contribution >= 4 is 23.2 Å². The van der Waals surface area contributed by atoms with Crippen LogP contribution >= 0.6 is 0 Å². The van der Waals surface area contributed by atoms with Crippen molar-refractivity contribution in [2.75, 3.05) is 17.7 Å². The van der Waals surface area contributed by atoms with Crippen molar-refractivity contribution in [2.24, 2.45) is 0 Å². The van der Waals surface area contributed by atoms with Gasteiger partial charge < -0.3 is 15.4 Å². The van der Waals surface area contributed by atoms with Crippen LogP contribution in [0.25, 0.3) is 0 Å². The number of para-hydroxylation sites is 2. The van der Waals surface area contributed by atoms with E-state index in [9.17, 15) is 4.79 Å². The molecule has 0 spiro atoms. The number of benzene rings is 2. The standard InChI is InChI=1S/C21H22N4O2/c1-13-9-10-16(11-14(13)2)23-21-22-15(3)12-18(25-21)20(26)24-17-7-5-6-8-19(17)27-4/h5-12H,1-4H3,(H,24,26)(H,22,23,25). The number of nitrogens with one attached hydrogen (secondary N) is 2. The molecule has 2 N–H and O–H groups in total. The van der Waals surface area contributed by atoms with Gasteiger partial charge in [0.2, 0.25) is 5.95 Å². The van der Waals surface area contributed by atoms with Gasteiger partial charge in [-0.15, -0.1) is 0 Å². The fraction of sp³-hybridized carbons (Fsp3) is 0.190. The van der Waals surface area contributed by atoms with Crippen molar-refractivity contribution in [2.45, 2.75) is 20.8 Å². The highest BCUT2D eigenvalue weighted by molar-refractivity contribution is 6.03. The van der Waals surface area contributed by atoms with Gasteiger partial charge in [-0.25, -0.2) is 9.97 Å². The minimum Gasteiger partial charge on any atom is -0.495 e. The van der Waals surface area contributed by atoms with Crippen LogP contribution in [0.1, 0.15) is 27.3 Å². The molecule has 0 radical (unpaired) electrons. The summed E-state index contributed by atoms with van der Waals surface area (Å²) in [4.78, 5) is 21.4. The third-order valence-corrected chi connectivity index (χ3v) is 4.21. The Kier molecular flexibility index (Phi) is 5.35. The summed E-state index contributed by atoms with van der Waals surface area (Å²) in [6.45, 7) is 5.93. The van der Waals surface area contributed by atoms with E-state index in [0.717, 1.165) is 5.69 Å². The molecule has 27 heavy (non-hydrogen) atoms. The van der Waals surface area contributed by atoms with Crippen molar-refractivity contribution in [1.82, 2.24) is 9.97 Å². The Morgan fingerprint density at radius 3 is 2.48 bits per heavy atom. The molecule has 3 rings (SSSR count). The first-order chi connectivity index (χ1) is 13.0. The molecular weight excluding hydrogens is 340 g/mol. The van der Waals surface area contributed by atoms with Crippen molar-refractivity contribution in [3.8, 4) is 5.75 Å². The van der Waals surface area contributed by atoms with Crippen LogP contribution in [-0.4, -0.2) is 23.0 Å². The average Bonchev–Trinajstić information content (AvgIpc) is 2.64. The number of rotatable bonds is 5. The van der Waals surface area contributed by atoms with E-state index in [-0.39, 0.29) is 11.6 Å². The van der Waals surface area contributed by atoms with E-state index >= 15 is 0 Å². The zero-order valence-electron chi connectivity index (χ0n) is 15.8. The second-order valence-corrected chi connectivity index (χ2v) is 6.30. The third-order valence-electron chi connectivity index (χ3n) is 4.21. The lowest BCUT2D eigenvalue weighted by molar-refractivity contribution is 0.102. The van der Waals surface area contributed by atoms with Gasteiger partial charge in [0.1, 0.15) is 11.4 Å². The van der Waals surface area contributed by atoms with Crippen LogP contribution in [0.4, 0.5) is 17.3 Å². The molecule has 0 aliphatic carbocycles. The quantitative estimate of drug-likeness (QED) is 0.703. The van der Waals surface area contributed by atoms with Crippen LogP contribution < -0.4 is 15.4 Å². The number of hydrogen-bond donors (Lipinski definition) is 2. The lowest BCUT2D eigenvalue weighted by Gasteiger charge is -2.11. The van der Waals surface area contributed by atoms with Gasteiger partial charge >= 0.3 is 0 Å². The normalized spacial score (nSPS) is 10.4. The Bertz CT molecular complexity index is 986. The predicted molar refractivity (Wildman–Crippen MR) is 107 cm³/mol. The first kappa shape index (κ1) is 18.4. The van der Waals surface area contributed by atoms with Crippen molar-refractivity contribution in [1.29, 1.82) is 0 Å². The Hall–Kier alpha value is -3.41. The Labute approximate surface area is 158 Å². The average molecular weight is 362 g/mol. The molecule has 0 bridgehead atoms. The summed E-state index contributed by atoms with van der Waals surface area (Å²) in [6.07, 6.45) is 0. The van der Waals surface area contributed by atoms with Crippen molar-refractivity contribution < 1.29 is 9.53 Å². The highest BCUT2D eigenvalue weighted by Gasteiger charge is 2.13. The minimum atomic E-state index is -0.326. The summed E-state index contributed by atoms with van der Waals surface area (Å²) in [7, 11) is 1.56. The largest absolute Gasteiger partial charge is 0.495 e. The number of carbonyl (C=O) groups excluding carboxylic acids is 1. The number of carbonyl (C=O) groups is 1. The van der Waals surface area contributed by atoms with Crippen molar-refractivity contribution in [3.05, 3.63) is 71.0 Å².